The summed E-state index contributed by atoms with van der Waals surface area (Å²) < 4.78 is 0. The smallest absolute Gasteiger partial charge is 0.248 e. The Bertz CT molecular complexity index is 1080. The standard InChI is InChI=1S/C20H15ClN4O/c1-2-11-5-7-17-15(18(11)21)10-23-20(25-17)24-16-8-6-13(19(22)26)9-14(16)12-3-4-12/h1,5-10,12H,3-4H2,(H2,22,26)(H,23,24,25). The Kier molecular flexibility index (Phi) is 3.98. The Hall–Kier alpha value is -3.10. The van der Waals surface area contributed by atoms with Crippen LogP contribution < -0.4 is 11.1 Å². The summed E-state index contributed by atoms with van der Waals surface area (Å²) in [5, 5.41) is 4.42. The van der Waals surface area contributed by atoms with Gasteiger partial charge < -0.3 is 11.1 Å². The molecule has 2 aromatic carbocycles. The molecule has 1 fully saturated rings. The minimum absolute atomic E-state index is 0.431. The second-order valence-electron chi connectivity index (χ2n) is 6.26. The number of fused-ring (bicyclic) bond motifs is 1. The number of rotatable bonds is 4. The number of aromatic nitrogens is 2. The number of amides is 1. The summed E-state index contributed by atoms with van der Waals surface area (Å²) in [6, 6.07) is 8.98. The molecule has 1 saturated carbocycles. The highest BCUT2D eigenvalue weighted by atomic mass is 35.5. The van der Waals surface area contributed by atoms with Crippen molar-refractivity contribution in [1.29, 1.82) is 0 Å². The highest BCUT2D eigenvalue weighted by molar-refractivity contribution is 6.36. The first-order valence-corrected chi connectivity index (χ1v) is 8.57. The van der Waals surface area contributed by atoms with Gasteiger partial charge >= 0.3 is 0 Å². The molecular formula is C20H15ClN4O. The van der Waals surface area contributed by atoms with Gasteiger partial charge in [0.25, 0.3) is 0 Å². The molecule has 3 N–H and O–H groups in total. The van der Waals surface area contributed by atoms with Crippen molar-refractivity contribution in [2.45, 2.75) is 18.8 Å². The van der Waals surface area contributed by atoms with Gasteiger partial charge in [-0.2, -0.15) is 0 Å². The SMILES string of the molecule is C#Cc1ccc2nc(Nc3ccc(C(N)=O)cc3C3CC3)ncc2c1Cl. The first-order chi connectivity index (χ1) is 12.6. The Labute approximate surface area is 155 Å². The van der Waals surface area contributed by atoms with Crippen LogP contribution in [-0.2, 0) is 0 Å². The number of carbonyl (C=O) groups excluding carboxylic acids is 1. The third-order valence-corrected chi connectivity index (χ3v) is 4.86. The van der Waals surface area contributed by atoms with E-state index in [9.17, 15) is 4.79 Å². The summed E-state index contributed by atoms with van der Waals surface area (Å²) in [6.45, 7) is 0. The molecule has 1 aromatic heterocycles. The van der Waals surface area contributed by atoms with E-state index in [2.05, 4.69) is 21.2 Å². The lowest BCUT2D eigenvalue weighted by atomic mass is 10.0. The van der Waals surface area contributed by atoms with Gasteiger partial charge in [0.05, 0.1) is 10.5 Å². The van der Waals surface area contributed by atoms with E-state index in [1.165, 1.54) is 0 Å². The first kappa shape index (κ1) is 16.4. The number of nitrogens with two attached hydrogens (primary N) is 1. The van der Waals surface area contributed by atoms with Crippen LogP contribution in [0.1, 0.15) is 40.2 Å². The lowest BCUT2D eigenvalue weighted by molar-refractivity contribution is 0.1000. The summed E-state index contributed by atoms with van der Waals surface area (Å²) in [5.74, 6) is 3.00. The van der Waals surface area contributed by atoms with Crippen molar-refractivity contribution in [3.05, 3.63) is 58.2 Å². The molecule has 1 aliphatic carbocycles. The molecule has 6 heteroatoms. The van der Waals surface area contributed by atoms with Crippen LogP contribution in [0.25, 0.3) is 10.9 Å². The van der Waals surface area contributed by atoms with Gasteiger partial charge in [0.1, 0.15) is 0 Å². The number of halogens is 1. The van der Waals surface area contributed by atoms with Crippen LogP contribution in [-0.4, -0.2) is 15.9 Å². The van der Waals surface area contributed by atoms with Crippen LogP contribution in [0.3, 0.4) is 0 Å². The lowest BCUT2D eigenvalue weighted by Crippen LogP contribution is -2.11. The third-order valence-electron chi connectivity index (χ3n) is 4.45. The molecule has 0 bridgehead atoms. The van der Waals surface area contributed by atoms with Gasteiger partial charge in [0, 0.05) is 28.4 Å². The fourth-order valence-corrected chi connectivity index (χ4v) is 3.19. The van der Waals surface area contributed by atoms with Crippen molar-refractivity contribution in [3.8, 4) is 12.3 Å². The zero-order valence-corrected chi connectivity index (χ0v) is 14.5. The van der Waals surface area contributed by atoms with Gasteiger partial charge in [-0.25, -0.2) is 9.97 Å². The molecule has 1 heterocycles. The van der Waals surface area contributed by atoms with Crippen molar-refractivity contribution >= 4 is 40.0 Å². The fourth-order valence-electron chi connectivity index (χ4n) is 2.93. The largest absolute Gasteiger partial charge is 0.366 e. The van der Waals surface area contributed by atoms with Gasteiger partial charge in [0.2, 0.25) is 11.9 Å². The van der Waals surface area contributed by atoms with Gasteiger partial charge in [-0.1, -0.05) is 17.5 Å². The molecule has 26 heavy (non-hydrogen) atoms. The van der Waals surface area contributed by atoms with Gasteiger partial charge in [-0.05, 0) is 54.7 Å². The molecule has 128 valence electrons. The minimum atomic E-state index is -0.431. The van der Waals surface area contributed by atoms with Crippen LogP contribution in [0, 0.1) is 12.3 Å². The minimum Gasteiger partial charge on any atom is -0.366 e. The van der Waals surface area contributed by atoms with Crippen molar-refractivity contribution in [1.82, 2.24) is 9.97 Å². The van der Waals surface area contributed by atoms with Crippen LogP contribution in [0.15, 0.2) is 36.5 Å². The van der Waals surface area contributed by atoms with Crippen LogP contribution in [0.2, 0.25) is 5.02 Å². The number of nitrogens with zero attached hydrogens (tertiary/aromatic N) is 2. The average molecular weight is 363 g/mol. The quantitative estimate of drug-likeness (QED) is 0.688. The zero-order chi connectivity index (χ0) is 18.3. The molecule has 0 aliphatic heterocycles. The maximum atomic E-state index is 11.4. The number of anilines is 2. The molecular weight excluding hydrogens is 348 g/mol. The van der Waals surface area contributed by atoms with E-state index in [1.807, 2.05) is 18.2 Å². The van der Waals surface area contributed by atoms with Crippen molar-refractivity contribution < 1.29 is 4.79 Å². The summed E-state index contributed by atoms with van der Waals surface area (Å²) in [6.07, 6.45) is 9.29. The summed E-state index contributed by atoms with van der Waals surface area (Å²) in [5.41, 5.74) is 9.15. The maximum Gasteiger partial charge on any atom is 0.248 e. The number of carbonyl (C=O) groups is 1. The molecule has 1 aliphatic rings. The van der Waals surface area contributed by atoms with E-state index >= 15 is 0 Å². The van der Waals surface area contributed by atoms with Gasteiger partial charge in [-0.3, -0.25) is 4.79 Å². The Balaban J connectivity index is 1.71. The molecule has 5 nitrogen and oxygen atoms in total. The number of primary amides is 1. The molecule has 1 amide bonds. The molecule has 0 saturated heterocycles. The maximum absolute atomic E-state index is 11.4. The number of hydrogen-bond acceptors (Lipinski definition) is 4. The Morgan fingerprint density at radius 2 is 2.12 bits per heavy atom. The van der Waals surface area contributed by atoms with Crippen molar-refractivity contribution in [3.63, 3.8) is 0 Å². The molecule has 0 spiro atoms. The number of terminal acetylenes is 1. The van der Waals surface area contributed by atoms with Gasteiger partial charge in [0.15, 0.2) is 0 Å². The molecule has 0 unspecified atom stereocenters. The molecule has 0 atom stereocenters. The highest BCUT2D eigenvalue weighted by Gasteiger charge is 2.27. The highest BCUT2D eigenvalue weighted by Crippen LogP contribution is 2.44. The van der Waals surface area contributed by atoms with Crippen LogP contribution in [0.5, 0.6) is 0 Å². The molecule has 0 radical (unpaired) electrons. The zero-order valence-electron chi connectivity index (χ0n) is 13.8. The van der Waals surface area contributed by atoms with Crippen molar-refractivity contribution in [2.24, 2.45) is 5.73 Å². The predicted molar refractivity (Wildman–Crippen MR) is 103 cm³/mol. The third kappa shape index (κ3) is 2.96. The Morgan fingerprint density at radius 1 is 1.31 bits per heavy atom. The van der Waals surface area contributed by atoms with Gasteiger partial charge in [-0.15, -0.1) is 6.42 Å². The van der Waals surface area contributed by atoms with E-state index in [-0.39, 0.29) is 0 Å². The Morgan fingerprint density at radius 3 is 2.81 bits per heavy atom. The second kappa shape index (κ2) is 6.32. The van der Waals surface area contributed by atoms with Crippen LogP contribution >= 0.6 is 11.6 Å². The summed E-state index contributed by atoms with van der Waals surface area (Å²) in [4.78, 5) is 20.3. The first-order valence-electron chi connectivity index (χ1n) is 8.19. The molecule has 4 rings (SSSR count). The predicted octanol–water partition coefficient (Wildman–Crippen LogP) is 3.98. The normalized spacial score (nSPS) is 13.4. The summed E-state index contributed by atoms with van der Waals surface area (Å²) >= 11 is 6.29. The topological polar surface area (TPSA) is 80.9 Å². The lowest BCUT2D eigenvalue weighted by Gasteiger charge is -2.12. The number of benzene rings is 2. The number of nitrogens with one attached hydrogen (secondary N) is 1. The monoisotopic (exact) mass is 362 g/mol. The van der Waals surface area contributed by atoms with E-state index in [0.717, 1.165) is 24.1 Å². The fraction of sp³-hybridized carbons (Fsp3) is 0.150. The molecule has 3 aromatic rings. The average Bonchev–Trinajstić information content (AvgIpc) is 3.47. The van der Waals surface area contributed by atoms with E-state index in [4.69, 9.17) is 23.8 Å². The number of hydrogen-bond donors (Lipinski definition) is 2. The van der Waals surface area contributed by atoms with E-state index < -0.39 is 5.91 Å². The van der Waals surface area contributed by atoms with E-state index in [1.54, 1.807) is 18.3 Å². The van der Waals surface area contributed by atoms with Crippen LogP contribution in [0.4, 0.5) is 11.6 Å². The second-order valence-corrected chi connectivity index (χ2v) is 6.64. The van der Waals surface area contributed by atoms with Crippen molar-refractivity contribution in [2.75, 3.05) is 5.32 Å². The summed E-state index contributed by atoms with van der Waals surface area (Å²) in [7, 11) is 0. The van der Waals surface area contributed by atoms with E-state index in [0.29, 0.717) is 38.9 Å².